The Morgan fingerprint density at radius 2 is 2.09 bits per heavy atom. The highest BCUT2D eigenvalue weighted by Crippen LogP contribution is 2.18. The number of benzene rings is 1. The molecule has 0 aliphatic carbocycles. The molecule has 1 atom stereocenters. The van der Waals surface area contributed by atoms with Crippen LogP contribution in [0.25, 0.3) is 0 Å². The van der Waals surface area contributed by atoms with Gasteiger partial charge in [0.05, 0.1) is 6.54 Å². The molecule has 1 saturated heterocycles. The van der Waals surface area contributed by atoms with Crippen LogP contribution in [0.1, 0.15) is 24.0 Å². The fourth-order valence-electron chi connectivity index (χ4n) is 2.34. The molecule has 0 bridgehead atoms. The number of rotatable bonds is 7. The molecular formula is C16H21N3O4. The van der Waals surface area contributed by atoms with Crippen LogP contribution in [0, 0.1) is 13.8 Å². The predicted molar refractivity (Wildman–Crippen MR) is 84.1 cm³/mol. The predicted octanol–water partition coefficient (Wildman–Crippen LogP) is 0.787. The third-order valence-electron chi connectivity index (χ3n) is 3.53. The Morgan fingerprint density at radius 3 is 2.74 bits per heavy atom. The molecule has 7 nitrogen and oxygen atoms in total. The molecule has 1 aromatic carbocycles. The first-order valence-corrected chi connectivity index (χ1v) is 7.54. The Bertz CT molecular complexity index is 615. The largest absolute Gasteiger partial charge is 0.491 e. The zero-order chi connectivity index (χ0) is 16.8. The number of amides is 4. The van der Waals surface area contributed by atoms with E-state index in [1.54, 1.807) is 0 Å². The first-order chi connectivity index (χ1) is 11.0. The van der Waals surface area contributed by atoms with Gasteiger partial charge in [-0.05, 0) is 31.9 Å². The monoisotopic (exact) mass is 319 g/mol. The average Bonchev–Trinajstić information content (AvgIpc) is 2.81. The number of hydrogen-bond donors (Lipinski definition) is 3. The lowest BCUT2D eigenvalue weighted by Gasteiger charge is -2.11. The molecule has 1 aliphatic rings. The summed E-state index contributed by atoms with van der Waals surface area (Å²) < 4.78 is 5.62. The lowest BCUT2D eigenvalue weighted by atomic mass is 10.1. The molecule has 7 heteroatoms. The fraction of sp³-hybridized carbons (Fsp3) is 0.438. The highest BCUT2D eigenvalue weighted by atomic mass is 16.5. The summed E-state index contributed by atoms with van der Waals surface area (Å²) in [5, 5.41) is 7.31. The van der Waals surface area contributed by atoms with Crippen molar-refractivity contribution in [3.8, 4) is 5.75 Å². The lowest BCUT2D eigenvalue weighted by Crippen LogP contribution is -2.33. The van der Waals surface area contributed by atoms with Crippen LogP contribution in [-0.4, -0.2) is 37.0 Å². The van der Waals surface area contributed by atoms with Crippen molar-refractivity contribution < 1.29 is 19.1 Å². The minimum absolute atomic E-state index is 0.169. The van der Waals surface area contributed by atoms with Gasteiger partial charge >= 0.3 is 6.03 Å². The Morgan fingerprint density at radius 1 is 1.30 bits per heavy atom. The summed E-state index contributed by atoms with van der Waals surface area (Å²) in [5.41, 5.74) is 2.23. The van der Waals surface area contributed by atoms with E-state index in [1.165, 1.54) is 5.56 Å². The number of nitrogens with one attached hydrogen (secondary N) is 3. The van der Waals surface area contributed by atoms with Gasteiger partial charge in [0.15, 0.2) is 0 Å². The second kappa shape index (κ2) is 7.62. The molecule has 4 amide bonds. The van der Waals surface area contributed by atoms with Crippen LogP contribution in [0.4, 0.5) is 4.79 Å². The van der Waals surface area contributed by atoms with Gasteiger partial charge in [0.25, 0.3) is 5.91 Å². The van der Waals surface area contributed by atoms with Crippen LogP contribution in [0.2, 0.25) is 0 Å². The topological polar surface area (TPSA) is 96.5 Å². The molecule has 0 radical (unpaired) electrons. The summed E-state index contributed by atoms with van der Waals surface area (Å²) in [6.45, 7) is 4.75. The van der Waals surface area contributed by atoms with Gasteiger partial charge in [-0.3, -0.25) is 14.9 Å². The molecule has 1 aromatic rings. The minimum Gasteiger partial charge on any atom is -0.491 e. The normalized spacial score (nSPS) is 16.7. The fourth-order valence-corrected chi connectivity index (χ4v) is 2.34. The zero-order valence-electron chi connectivity index (χ0n) is 13.3. The van der Waals surface area contributed by atoms with Gasteiger partial charge in [-0.2, -0.15) is 0 Å². The molecule has 0 saturated carbocycles. The Balaban J connectivity index is 1.63. The molecule has 0 spiro atoms. The number of ether oxygens (including phenoxy) is 1. The number of carbonyl (C=O) groups excluding carboxylic acids is 3. The maximum absolute atomic E-state index is 11.7. The maximum Gasteiger partial charge on any atom is 0.322 e. The summed E-state index contributed by atoms with van der Waals surface area (Å²) in [4.78, 5) is 34.0. The molecule has 0 unspecified atom stereocenters. The summed E-state index contributed by atoms with van der Waals surface area (Å²) in [7, 11) is 0. The SMILES string of the molecule is Cc1ccc(OCCNC(=O)CC[C@H]2NC(=O)NC2=O)c(C)c1. The lowest BCUT2D eigenvalue weighted by molar-refractivity contribution is -0.122. The first-order valence-electron chi connectivity index (χ1n) is 7.54. The van der Waals surface area contributed by atoms with Crippen molar-refractivity contribution in [2.24, 2.45) is 0 Å². The van der Waals surface area contributed by atoms with Gasteiger partial charge in [-0.25, -0.2) is 4.79 Å². The zero-order valence-corrected chi connectivity index (χ0v) is 13.3. The van der Waals surface area contributed by atoms with Crippen molar-refractivity contribution >= 4 is 17.8 Å². The molecule has 3 N–H and O–H groups in total. The molecule has 1 aliphatic heterocycles. The number of urea groups is 1. The van der Waals surface area contributed by atoms with E-state index < -0.39 is 12.1 Å². The molecule has 124 valence electrons. The smallest absolute Gasteiger partial charge is 0.322 e. The maximum atomic E-state index is 11.7. The van der Waals surface area contributed by atoms with Gasteiger partial charge in [0, 0.05) is 6.42 Å². The molecule has 1 heterocycles. The molecular weight excluding hydrogens is 298 g/mol. The van der Waals surface area contributed by atoms with Crippen LogP contribution >= 0.6 is 0 Å². The quantitative estimate of drug-likeness (QED) is 0.511. The average molecular weight is 319 g/mol. The number of imide groups is 1. The first kappa shape index (κ1) is 16.8. The number of carbonyl (C=O) groups is 3. The van der Waals surface area contributed by atoms with Crippen molar-refractivity contribution in [3.05, 3.63) is 29.3 Å². The van der Waals surface area contributed by atoms with Crippen LogP contribution in [0.3, 0.4) is 0 Å². The summed E-state index contributed by atoms with van der Waals surface area (Å²) in [5.74, 6) is 0.236. The number of aryl methyl sites for hydroxylation is 2. The van der Waals surface area contributed by atoms with Crippen molar-refractivity contribution in [3.63, 3.8) is 0 Å². The summed E-state index contributed by atoms with van der Waals surface area (Å²) in [6.07, 6.45) is 0.448. The van der Waals surface area contributed by atoms with E-state index >= 15 is 0 Å². The molecule has 23 heavy (non-hydrogen) atoms. The standard InChI is InChI=1S/C16H21N3O4/c1-10-3-5-13(11(2)9-10)23-8-7-17-14(20)6-4-12-15(21)19-16(22)18-12/h3,5,9,12H,4,6-8H2,1-2H3,(H,17,20)(H2,18,19,21,22)/t12-/m1/s1. The Labute approximate surface area is 134 Å². The third kappa shape index (κ3) is 4.98. The van der Waals surface area contributed by atoms with Crippen LogP contribution < -0.4 is 20.7 Å². The van der Waals surface area contributed by atoms with Crippen molar-refractivity contribution in [2.45, 2.75) is 32.7 Å². The summed E-state index contributed by atoms with van der Waals surface area (Å²) in [6, 6.07) is 4.78. The molecule has 2 rings (SSSR count). The van der Waals surface area contributed by atoms with Gasteiger partial charge in [0.1, 0.15) is 18.4 Å². The second-order valence-electron chi connectivity index (χ2n) is 5.52. The van der Waals surface area contributed by atoms with E-state index in [9.17, 15) is 14.4 Å². The molecule has 0 aromatic heterocycles. The van der Waals surface area contributed by atoms with Crippen LogP contribution in [0.15, 0.2) is 18.2 Å². The minimum atomic E-state index is -0.625. The van der Waals surface area contributed by atoms with E-state index in [4.69, 9.17) is 4.74 Å². The van der Waals surface area contributed by atoms with E-state index in [0.29, 0.717) is 13.2 Å². The molecule has 1 fully saturated rings. The van der Waals surface area contributed by atoms with Gasteiger partial charge in [0.2, 0.25) is 5.91 Å². The van der Waals surface area contributed by atoms with Gasteiger partial charge < -0.3 is 15.4 Å². The third-order valence-corrected chi connectivity index (χ3v) is 3.53. The van der Waals surface area contributed by atoms with Crippen molar-refractivity contribution in [1.29, 1.82) is 0 Å². The van der Waals surface area contributed by atoms with Crippen molar-refractivity contribution in [2.75, 3.05) is 13.2 Å². The van der Waals surface area contributed by atoms with E-state index in [2.05, 4.69) is 16.0 Å². The highest BCUT2D eigenvalue weighted by molar-refractivity contribution is 6.04. The van der Waals surface area contributed by atoms with E-state index in [1.807, 2.05) is 32.0 Å². The van der Waals surface area contributed by atoms with Crippen molar-refractivity contribution in [1.82, 2.24) is 16.0 Å². The highest BCUT2D eigenvalue weighted by Gasteiger charge is 2.29. The Kier molecular flexibility index (Phi) is 5.56. The summed E-state index contributed by atoms with van der Waals surface area (Å²) >= 11 is 0. The van der Waals surface area contributed by atoms with E-state index in [0.717, 1.165) is 11.3 Å². The van der Waals surface area contributed by atoms with Crippen LogP contribution in [0.5, 0.6) is 5.75 Å². The van der Waals surface area contributed by atoms with Crippen LogP contribution in [-0.2, 0) is 9.59 Å². The van der Waals surface area contributed by atoms with E-state index in [-0.39, 0.29) is 24.7 Å². The Hall–Kier alpha value is -2.57. The number of hydrogen-bond acceptors (Lipinski definition) is 4. The second-order valence-corrected chi connectivity index (χ2v) is 5.52. The van der Waals surface area contributed by atoms with Gasteiger partial charge in [-0.1, -0.05) is 17.7 Å². The van der Waals surface area contributed by atoms with Gasteiger partial charge in [-0.15, -0.1) is 0 Å².